The third-order valence-electron chi connectivity index (χ3n) is 5.77. The van der Waals surface area contributed by atoms with E-state index in [0.717, 1.165) is 21.5 Å². The molecule has 1 saturated heterocycles. The highest BCUT2D eigenvalue weighted by Crippen LogP contribution is 2.30. The number of anilines is 1. The molecule has 0 spiro atoms. The average molecular weight is 439 g/mol. The van der Waals surface area contributed by atoms with Crippen molar-refractivity contribution in [2.24, 2.45) is 0 Å². The monoisotopic (exact) mass is 439 g/mol. The minimum Gasteiger partial charge on any atom is -0.436 e. The molecule has 7 nitrogen and oxygen atoms in total. The maximum absolute atomic E-state index is 13.2. The standard InChI is InChI=1S/C26H21N3O4/c1-17(30)28(16-18-7-3-2-4-8-18)22-15-24(31)29(26(22)32)20-13-11-19(12-14-20)25-27-21-9-5-6-10-23(21)33-25/h2-14,22H,15-16H2,1H3. The quantitative estimate of drug-likeness (QED) is 0.436. The Labute approximate surface area is 190 Å². The van der Waals surface area contributed by atoms with Gasteiger partial charge in [0.05, 0.1) is 12.1 Å². The number of imide groups is 1. The number of aromatic nitrogens is 1. The van der Waals surface area contributed by atoms with Crippen molar-refractivity contribution in [2.45, 2.75) is 25.9 Å². The van der Waals surface area contributed by atoms with Gasteiger partial charge in [0.15, 0.2) is 5.58 Å². The van der Waals surface area contributed by atoms with Crippen molar-refractivity contribution < 1.29 is 18.8 Å². The van der Waals surface area contributed by atoms with Crippen LogP contribution in [0, 0.1) is 0 Å². The predicted octanol–water partition coefficient (Wildman–Crippen LogP) is 4.18. The lowest BCUT2D eigenvalue weighted by atomic mass is 10.1. The number of amides is 3. The van der Waals surface area contributed by atoms with Crippen LogP contribution in [0.3, 0.4) is 0 Å². The number of carbonyl (C=O) groups excluding carboxylic acids is 3. The van der Waals surface area contributed by atoms with Crippen LogP contribution in [0.25, 0.3) is 22.6 Å². The van der Waals surface area contributed by atoms with E-state index in [1.807, 2.05) is 54.6 Å². The van der Waals surface area contributed by atoms with Crippen LogP contribution < -0.4 is 4.90 Å². The highest BCUT2D eigenvalue weighted by atomic mass is 16.3. The minimum atomic E-state index is -0.827. The SMILES string of the molecule is CC(=O)N(Cc1ccccc1)C1CC(=O)N(c2ccc(-c3nc4ccccc4o3)cc2)C1=O. The van der Waals surface area contributed by atoms with E-state index in [1.54, 1.807) is 24.3 Å². The molecule has 1 fully saturated rings. The Morgan fingerprint density at radius 3 is 2.39 bits per heavy atom. The average Bonchev–Trinajstić information content (AvgIpc) is 3.38. The van der Waals surface area contributed by atoms with Gasteiger partial charge in [-0.2, -0.15) is 0 Å². The zero-order chi connectivity index (χ0) is 22.9. The molecule has 164 valence electrons. The first-order chi connectivity index (χ1) is 16.0. The van der Waals surface area contributed by atoms with Crippen molar-refractivity contribution in [2.75, 3.05) is 4.90 Å². The Morgan fingerprint density at radius 1 is 1.00 bits per heavy atom. The summed E-state index contributed by atoms with van der Waals surface area (Å²) < 4.78 is 5.79. The molecule has 0 aliphatic carbocycles. The fourth-order valence-electron chi connectivity index (χ4n) is 4.10. The van der Waals surface area contributed by atoms with Gasteiger partial charge in [-0.1, -0.05) is 42.5 Å². The van der Waals surface area contributed by atoms with Gasteiger partial charge in [0.25, 0.3) is 5.91 Å². The van der Waals surface area contributed by atoms with E-state index in [4.69, 9.17) is 4.42 Å². The molecule has 1 unspecified atom stereocenters. The van der Waals surface area contributed by atoms with Gasteiger partial charge in [-0.3, -0.25) is 14.4 Å². The zero-order valence-corrected chi connectivity index (χ0v) is 18.0. The number of benzene rings is 3. The summed E-state index contributed by atoms with van der Waals surface area (Å²) in [6, 6.07) is 23.0. The van der Waals surface area contributed by atoms with Crippen molar-refractivity contribution in [3.05, 3.63) is 84.4 Å². The number of para-hydroxylation sites is 2. The van der Waals surface area contributed by atoms with Gasteiger partial charge in [-0.05, 0) is 42.0 Å². The molecule has 0 saturated carbocycles. The van der Waals surface area contributed by atoms with Crippen LogP contribution >= 0.6 is 0 Å². The van der Waals surface area contributed by atoms with E-state index < -0.39 is 11.9 Å². The Bertz CT molecular complexity index is 1310. The Morgan fingerprint density at radius 2 is 1.70 bits per heavy atom. The lowest BCUT2D eigenvalue weighted by Gasteiger charge is -2.26. The molecule has 2 heterocycles. The number of carbonyl (C=O) groups is 3. The number of fused-ring (bicyclic) bond motifs is 1. The number of nitrogens with zero attached hydrogens (tertiary/aromatic N) is 3. The summed E-state index contributed by atoms with van der Waals surface area (Å²) in [5, 5.41) is 0. The third kappa shape index (κ3) is 3.89. The third-order valence-corrected chi connectivity index (χ3v) is 5.77. The zero-order valence-electron chi connectivity index (χ0n) is 18.0. The predicted molar refractivity (Wildman–Crippen MR) is 123 cm³/mol. The fourth-order valence-corrected chi connectivity index (χ4v) is 4.10. The van der Waals surface area contributed by atoms with Gasteiger partial charge < -0.3 is 9.32 Å². The highest BCUT2D eigenvalue weighted by molar-refractivity contribution is 6.23. The second-order valence-electron chi connectivity index (χ2n) is 7.95. The molecule has 1 aromatic heterocycles. The molecule has 4 aromatic rings. The van der Waals surface area contributed by atoms with E-state index in [2.05, 4.69) is 4.98 Å². The van der Waals surface area contributed by atoms with E-state index in [1.165, 1.54) is 11.8 Å². The molecule has 0 N–H and O–H groups in total. The summed E-state index contributed by atoms with van der Waals surface area (Å²) in [4.78, 5) is 45.4. The van der Waals surface area contributed by atoms with Gasteiger partial charge in [0.2, 0.25) is 17.7 Å². The van der Waals surface area contributed by atoms with Gasteiger partial charge in [-0.15, -0.1) is 0 Å². The highest BCUT2D eigenvalue weighted by Gasteiger charge is 2.43. The molecule has 33 heavy (non-hydrogen) atoms. The number of rotatable bonds is 5. The minimum absolute atomic E-state index is 0.0435. The topological polar surface area (TPSA) is 83.7 Å². The molecule has 3 amide bonds. The second kappa shape index (κ2) is 8.35. The van der Waals surface area contributed by atoms with Crippen LogP contribution in [-0.4, -0.2) is 33.6 Å². The van der Waals surface area contributed by atoms with Crippen molar-refractivity contribution in [3.8, 4) is 11.5 Å². The first-order valence-corrected chi connectivity index (χ1v) is 10.7. The van der Waals surface area contributed by atoms with E-state index in [9.17, 15) is 14.4 Å². The Hall–Kier alpha value is -4.26. The van der Waals surface area contributed by atoms with Crippen LogP contribution in [0.4, 0.5) is 5.69 Å². The summed E-state index contributed by atoms with van der Waals surface area (Å²) in [7, 11) is 0. The van der Waals surface area contributed by atoms with E-state index in [-0.39, 0.29) is 24.8 Å². The van der Waals surface area contributed by atoms with Crippen LogP contribution in [0.2, 0.25) is 0 Å². The molecular formula is C26H21N3O4. The summed E-state index contributed by atoms with van der Waals surface area (Å²) in [5.74, 6) is -0.525. The molecular weight excluding hydrogens is 418 g/mol. The maximum Gasteiger partial charge on any atom is 0.257 e. The lowest BCUT2D eigenvalue weighted by Crippen LogP contribution is -2.44. The van der Waals surface area contributed by atoms with Gasteiger partial charge in [-0.25, -0.2) is 9.88 Å². The van der Waals surface area contributed by atoms with Gasteiger partial charge in [0.1, 0.15) is 11.6 Å². The molecule has 7 heteroatoms. The molecule has 1 aliphatic heterocycles. The largest absolute Gasteiger partial charge is 0.436 e. The summed E-state index contributed by atoms with van der Waals surface area (Å²) in [6.45, 7) is 1.68. The fraction of sp³-hybridized carbons (Fsp3) is 0.154. The van der Waals surface area contributed by atoms with Crippen molar-refractivity contribution >= 4 is 34.5 Å². The number of hydrogen-bond donors (Lipinski definition) is 0. The van der Waals surface area contributed by atoms with Crippen LogP contribution in [0.1, 0.15) is 18.9 Å². The van der Waals surface area contributed by atoms with E-state index in [0.29, 0.717) is 17.2 Å². The van der Waals surface area contributed by atoms with Crippen LogP contribution in [0.15, 0.2) is 83.3 Å². The molecule has 3 aromatic carbocycles. The van der Waals surface area contributed by atoms with Crippen LogP contribution in [0.5, 0.6) is 0 Å². The Kier molecular flexibility index (Phi) is 5.22. The maximum atomic E-state index is 13.2. The normalized spacial score (nSPS) is 15.9. The van der Waals surface area contributed by atoms with Crippen LogP contribution in [-0.2, 0) is 20.9 Å². The van der Waals surface area contributed by atoms with Crippen molar-refractivity contribution in [1.29, 1.82) is 0 Å². The summed E-state index contributed by atoms with van der Waals surface area (Å²) in [5.41, 5.74) is 3.53. The Balaban J connectivity index is 1.38. The molecule has 0 bridgehead atoms. The molecule has 1 atom stereocenters. The first kappa shape index (κ1) is 20.6. The summed E-state index contributed by atoms with van der Waals surface area (Å²) in [6.07, 6.45) is -0.0435. The number of hydrogen-bond acceptors (Lipinski definition) is 5. The smallest absolute Gasteiger partial charge is 0.257 e. The molecule has 5 rings (SSSR count). The first-order valence-electron chi connectivity index (χ1n) is 10.7. The van der Waals surface area contributed by atoms with E-state index >= 15 is 0 Å². The van der Waals surface area contributed by atoms with Crippen molar-refractivity contribution in [3.63, 3.8) is 0 Å². The number of oxazole rings is 1. The molecule has 1 aliphatic rings. The van der Waals surface area contributed by atoms with Gasteiger partial charge >= 0.3 is 0 Å². The molecule has 0 radical (unpaired) electrons. The summed E-state index contributed by atoms with van der Waals surface area (Å²) >= 11 is 0. The lowest BCUT2D eigenvalue weighted by molar-refractivity contribution is -0.137. The van der Waals surface area contributed by atoms with Crippen molar-refractivity contribution in [1.82, 2.24) is 9.88 Å². The second-order valence-corrected chi connectivity index (χ2v) is 7.95. The van der Waals surface area contributed by atoms with Gasteiger partial charge in [0, 0.05) is 19.0 Å².